The number of anilines is 1. The highest BCUT2D eigenvalue weighted by atomic mass is 127. The normalized spacial score (nSPS) is 16.2. The standard InChI is InChI=1S/C24H20IN/c25-26(23-15-7-13-21(17-23)19-9-3-1-4-10-19)24-16-8-14-22(18-24)20-11-5-2-6-12-20/h1-15,17-18,24H,16H2. The molecule has 0 aliphatic heterocycles. The Kier molecular flexibility index (Phi) is 5.21. The fourth-order valence-corrected chi connectivity index (χ4v) is 3.98. The zero-order valence-corrected chi connectivity index (χ0v) is 16.6. The van der Waals surface area contributed by atoms with Gasteiger partial charge >= 0.3 is 0 Å². The van der Waals surface area contributed by atoms with Gasteiger partial charge in [-0.05, 0) is 40.8 Å². The van der Waals surface area contributed by atoms with Crippen molar-refractivity contribution in [1.82, 2.24) is 0 Å². The van der Waals surface area contributed by atoms with Gasteiger partial charge in [0, 0.05) is 5.69 Å². The lowest BCUT2D eigenvalue weighted by Gasteiger charge is -2.27. The maximum absolute atomic E-state index is 2.45. The highest BCUT2D eigenvalue weighted by Gasteiger charge is 2.17. The summed E-state index contributed by atoms with van der Waals surface area (Å²) < 4.78 is 2.34. The molecule has 26 heavy (non-hydrogen) atoms. The van der Waals surface area contributed by atoms with Crippen LogP contribution in [0.3, 0.4) is 0 Å². The zero-order chi connectivity index (χ0) is 17.8. The van der Waals surface area contributed by atoms with E-state index in [9.17, 15) is 0 Å². The fourth-order valence-electron chi connectivity index (χ4n) is 3.29. The van der Waals surface area contributed by atoms with Gasteiger partial charge in [-0.3, -0.25) is 0 Å². The van der Waals surface area contributed by atoms with Crippen molar-refractivity contribution in [3.63, 3.8) is 0 Å². The lowest BCUT2D eigenvalue weighted by molar-refractivity contribution is 0.847. The predicted molar refractivity (Wildman–Crippen MR) is 120 cm³/mol. The summed E-state index contributed by atoms with van der Waals surface area (Å²) in [6.07, 6.45) is 7.90. The van der Waals surface area contributed by atoms with Gasteiger partial charge in [-0.25, -0.2) is 0 Å². The van der Waals surface area contributed by atoms with Gasteiger partial charge in [0.25, 0.3) is 0 Å². The van der Waals surface area contributed by atoms with Crippen molar-refractivity contribution in [2.45, 2.75) is 12.5 Å². The molecule has 0 radical (unpaired) electrons. The first-order chi connectivity index (χ1) is 12.8. The largest absolute Gasteiger partial charge is 0.308 e. The summed E-state index contributed by atoms with van der Waals surface area (Å²) in [5.41, 5.74) is 6.31. The van der Waals surface area contributed by atoms with E-state index in [2.05, 4.69) is 129 Å². The highest BCUT2D eigenvalue weighted by molar-refractivity contribution is 14.1. The van der Waals surface area contributed by atoms with Gasteiger partial charge < -0.3 is 3.11 Å². The first kappa shape index (κ1) is 17.1. The summed E-state index contributed by atoms with van der Waals surface area (Å²) >= 11 is 2.45. The average molecular weight is 449 g/mol. The molecular weight excluding hydrogens is 429 g/mol. The quantitative estimate of drug-likeness (QED) is 0.309. The van der Waals surface area contributed by atoms with Crippen molar-refractivity contribution in [3.05, 3.63) is 109 Å². The molecule has 4 rings (SSSR count). The number of hydrogen-bond acceptors (Lipinski definition) is 1. The van der Waals surface area contributed by atoms with Crippen LogP contribution in [0.4, 0.5) is 5.69 Å². The van der Waals surface area contributed by atoms with Gasteiger partial charge in [0.1, 0.15) is 0 Å². The lowest BCUT2D eigenvalue weighted by atomic mass is 9.96. The Balaban J connectivity index is 1.61. The second kappa shape index (κ2) is 7.92. The molecule has 0 spiro atoms. The van der Waals surface area contributed by atoms with Crippen LogP contribution in [0.15, 0.2) is 103 Å². The molecule has 1 atom stereocenters. The van der Waals surface area contributed by atoms with E-state index >= 15 is 0 Å². The van der Waals surface area contributed by atoms with E-state index in [1.165, 1.54) is 28.0 Å². The van der Waals surface area contributed by atoms with Crippen LogP contribution >= 0.6 is 22.9 Å². The van der Waals surface area contributed by atoms with Crippen molar-refractivity contribution >= 4 is 34.1 Å². The molecule has 3 aromatic rings. The molecule has 128 valence electrons. The van der Waals surface area contributed by atoms with Gasteiger partial charge in [0.05, 0.1) is 28.9 Å². The minimum atomic E-state index is 0.349. The third-order valence-corrected chi connectivity index (χ3v) is 5.92. The maximum atomic E-state index is 2.45. The molecule has 3 aromatic carbocycles. The maximum Gasteiger partial charge on any atom is 0.0616 e. The zero-order valence-electron chi connectivity index (χ0n) is 14.4. The van der Waals surface area contributed by atoms with Crippen LogP contribution < -0.4 is 3.11 Å². The van der Waals surface area contributed by atoms with Crippen LogP contribution in [0.2, 0.25) is 0 Å². The summed E-state index contributed by atoms with van der Waals surface area (Å²) in [7, 11) is 0. The first-order valence-corrected chi connectivity index (χ1v) is 9.82. The molecule has 0 saturated carbocycles. The molecule has 1 aliphatic carbocycles. The SMILES string of the molecule is IN(c1cccc(-c2ccccc2)c1)C1C=C(c2ccccc2)C=CC1. The molecular formula is C24H20IN. The van der Waals surface area contributed by atoms with Gasteiger partial charge in [-0.2, -0.15) is 0 Å². The van der Waals surface area contributed by atoms with Crippen LogP contribution in [0.5, 0.6) is 0 Å². The third kappa shape index (κ3) is 3.75. The predicted octanol–water partition coefficient (Wildman–Crippen LogP) is 6.92. The van der Waals surface area contributed by atoms with Crippen LogP contribution in [0.1, 0.15) is 12.0 Å². The molecule has 0 heterocycles. The smallest absolute Gasteiger partial charge is 0.0616 e. The number of rotatable bonds is 4. The molecule has 1 nitrogen and oxygen atoms in total. The molecule has 0 bridgehead atoms. The van der Waals surface area contributed by atoms with Crippen LogP contribution in [-0.4, -0.2) is 6.04 Å². The van der Waals surface area contributed by atoms with Crippen molar-refractivity contribution in [1.29, 1.82) is 0 Å². The number of halogens is 1. The van der Waals surface area contributed by atoms with Gasteiger partial charge in [0.2, 0.25) is 0 Å². The van der Waals surface area contributed by atoms with Crippen molar-refractivity contribution in [2.24, 2.45) is 0 Å². The molecule has 0 amide bonds. The molecule has 1 aliphatic rings. The number of benzene rings is 3. The van der Waals surface area contributed by atoms with E-state index < -0.39 is 0 Å². The molecule has 1 unspecified atom stereocenters. The number of allylic oxidation sites excluding steroid dienone is 2. The molecule has 0 aromatic heterocycles. The Morgan fingerprint density at radius 1 is 0.731 bits per heavy atom. The van der Waals surface area contributed by atoms with Crippen molar-refractivity contribution in [3.8, 4) is 11.1 Å². The first-order valence-electron chi connectivity index (χ1n) is 8.85. The van der Waals surface area contributed by atoms with Crippen molar-refractivity contribution in [2.75, 3.05) is 3.11 Å². The van der Waals surface area contributed by atoms with E-state index in [1.54, 1.807) is 0 Å². The Labute approximate surface area is 169 Å². The Bertz CT molecular complexity index is 929. The lowest BCUT2D eigenvalue weighted by Crippen LogP contribution is -2.25. The summed E-state index contributed by atoms with van der Waals surface area (Å²) in [6, 6.07) is 30.3. The van der Waals surface area contributed by atoms with Crippen LogP contribution in [0.25, 0.3) is 16.7 Å². The third-order valence-electron chi connectivity index (χ3n) is 4.65. The summed E-state index contributed by atoms with van der Waals surface area (Å²) in [4.78, 5) is 0. The van der Waals surface area contributed by atoms with E-state index in [4.69, 9.17) is 0 Å². The van der Waals surface area contributed by atoms with E-state index in [0.717, 1.165) is 6.42 Å². The molecule has 2 heteroatoms. The molecule has 0 N–H and O–H groups in total. The number of hydrogen-bond donors (Lipinski definition) is 0. The van der Waals surface area contributed by atoms with Gasteiger partial charge in [0.15, 0.2) is 0 Å². The van der Waals surface area contributed by atoms with E-state index in [0.29, 0.717) is 6.04 Å². The second-order valence-electron chi connectivity index (χ2n) is 6.42. The Morgan fingerprint density at radius 2 is 1.38 bits per heavy atom. The minimum absolute atomic E-state index is 0.349. The van der Waals surface area contributed by atoms with Crippen LogP contribution in [0, 0.1) is 0 Å². The topological polar surface area (TPSA) is 3.24 Å². The summed E-state index contributed by atoms with van der Waals surface area (Å²) in [5, 5.41) is 0. The molecule has 0 saturated heterocycles. The number of nitrogens with zero attached hydrogens (tertiary/aromatic N) is 1. The van der Waals surface area contributed by atoms with Crippen LogP contribution in [-0.2, 0) is 0 Å². The Morgan fingerprint density at radius 3 is 2.12 bits per heavy atom. The van der Waals surface area contributed by atoms with Gasteiger partial charge in [-0.15, -0.1) is 0 Å². The Hall–Kier alpha value is -2.33. The second-order valence-corrected chi connectivity index (χ2v) is 7.46. The molecule has 0 fully saturated rings. The van der Waals surface area contributed by atoms with E-state index in [1.807, 2.05) is 0 Å². The highest BCUT2D eigenvalue weighted by Crippen LogP contribution is 2.32. The summed E-state index contributed by atoms with van der Waals surface area (Å²) in [6.45, 7) is 0. The minimum Gasteiger partial charge on any atom is -0.308 e. The average Bonchev–Trinajstić information content (AvgIpc) is 2.75. The van der Waals surface area contributed by atoms with Crippen molar-refractivity contribution < 1.29 is 0 Å². The summed E-state index contributed by atoms with van der Waals surface area (Å²) in [5.74, 6) is 0. The monoisotopic (exact) mass is 449 g/mol. The fraction of sp³-hybridized carbons (Fsp3) is 0.0833. The van der Waals surface area contributed by atoms with Gasteiger partial charge in [-0.1, -0.05) is 91.0 Å². The van der Waals surface area contributed by atoms with E-state index in [-0.39, 0.29) is 0 Å².